The van der Waals surface area contributed by atoms with Gasteiger partial charge in [-0.25, -0.2) is 0 Å². The lowest BCUT2D eigenvalue weighted by atomic mass is 9.66. The summed E-state index contributed by atoms with van der Waals surface area (Å²) >= 11 is 6.53. The predicted molar refractivity (Wildman–Crippen MR) is 134 cm³/mol. The van der Waals surface area contributed by atoms with Gasteiger partial charge in [-0.05, 0) is 23.5 Å². The molecule has 3 atom stereocenters. The van der Waals surface area contributed by atoms with Crippen molar-refractivity contribution in [2.45, 2.75) is 51.0 Å². The molecule has 2 aromatic rings. The minimum absolute atomic E-state index is 0.0831. The van der Waals surface area contributed by atoms with E-state index < -0.39 is 29.0 Å². The maximum Gasteiger partial charge on any atom is 0.236 e. The minimum atomic E-state index is -1.80. The van der Waals surface area contributed by atoms with Gasteiger partial charge in [0.05, 0.1) is 14.2 Å². The monoisotopic (exact) mass is 509 g/mol. The highest BCUT2D eigenvalue weighted by molar-refractivity contribution is 6.36. The third-order valence-electron chi connectivity index (χ3n) is 7.56. The molecule has 188 valence electrons. The van der Waals surface area contributed by atoms with Gasteiger partial charge in [0.15, 0.2) is 5.75 Å². The number of fused-ring (bicyclic) bond motifs is 1. The largest absolute Gasteiger partial charge is 0.496 e. The highest BCUT2D eigenvalue weighted by Gasteiger charge is 2.63. The molecular weight excluding hydrogens is 482 g/mol. The summed E-state index contributed by atoms with van der Waals surface area (Å²) in [7, 11) is 2.88. The normalized spacial score (nSPS) is 25.0. The standard InChI is InChI=1S/C28H28ClNO6/c1-13(2)15-6-8-16(9-7-15)17-11-21(31)30-18-10-14(3)28(26(32)22(17)18)27(33)23-19(34-4)12-20(35-5)24(29)25(23)36-28/h6-9,12-14,17H,10-11H2,1-5H3,(H,30,31)/t14-,17-,28+/m1/s1. The molecule has 2 aromatic carbocycles. The zero-order valence-electron chi connectivity index (χ0n) is 20.9. The molecule has 0 bridgehead atoms. The van der Waals surface area contributed by atoms with Crippen LogP contribution in [-0.4, -0.2) is 37.3 Å². The Bertz CT molecular complexity index is 1330. The lowest BCUT2D eigenvalue weighted by Crippen LogP contribution is -2.59. The van der Waals surface area contributed by atoms with Crippen LogP contribution < -0.4 is 19.5 Å². The van der Waals surface area contributed by atoms with Crippen LogP contribution in [0, 0.1) is 5.92 Å². The van der Waals surface area contributed by atoms with Crippen molar-refractivity contribution in [2.24, 2.45) is 5.92 Å². The Kier molecular flexibility index (Phi) is 5.86. The average molecular weight is 510 g/mol. The number of allylic oxidation sites excluding steroid dienone is 1. The Labute approximate surface area is 214 Å². The van der Waals surface area contributed by atoms with Crippen LogP contribution in [0.2, 0.25) is 5.02 Å². The second kappa shape index (κ2) is 8.66. The van der Waals surface area contributed by atoms with Crippen LogP contribution in [0.15, 0.2) is 41.6 Å². The number of ether oxygens (including phenoxy) is 3. The van der Waals surface area contributed by atoms with Crippen LogP contribution in [0.5, 0.6) is 17.2 Å². The molecule has 2 aliphatic heterocycles. The number of nitrogens with one attached hydrogen (secondary N) is 1. The number of ketones is 2. The van der Waals surface area contributed by atoms with E-state index in [0.29, 0.717) is 23.6 Å². The van der Waals surface area contributed by atoms with Crippen molar-refractivity contribution >= 4 is 29.1 Å². The number of halogens is 1. The van der Waals surface area contributed by atoms with E-state index in [-0.39, 0.29) is 40.2 Å². The molecule has 1 aliphatic carbocycles. The second-order valence-corrected chi connectivity index (χ2v) is 10.3. The van der Waals surface area contributed by atoms with Crippen molar-refractivity contribution in [3.63, 3.8) is 0 Å². The first-order valence-electron chi connectivity index (χ1n) is 12.0. The summed E-state index contributed by atoms with van der Waals surface area (Å²) in [5.41, 5.74) is 1.30. The molecule has 2 heterocycles. The topological polar surface area (TPSA) is 90.9 Å². The third-order valence-corrected chi connectivity index (χ3v) is 7.92. The quantitative estimate of drug-likeness (QED) is 0.586. The average Bonchev–Trinajstić information content (AvgIpc) is 3.17. The summed E-state index contributed by atoms with van der Waals surface area (Å²) in [5, 5.41) is 2.99. The summed E-state index contributed by atoms with van der Waals surface area (Å²) in [6.45, 7) is 5.99. The molecule has 1 amide bonds. The summed E-state index contributed by atoms with van der Waals surface area (Å²) in [6, 6.07) is 9.46. The molecule has 0 fully saturated rings. The second-order valence-electron chi connectivity index (χ2n) is 9.92. The highest BCUT2D eigenvalue weighted by atomic mass is 35.5. The minimum Gasteiger partial charge on any atom is -0.496 e. The van der Waals surface area contributed by atoms with E-state index >= 15 is 0 Å². The van der Waals surface area contributed by atoms with Crippen LogP contribution in [-0.2, 0) is 9.59 Å². The third kappa shape index (κ3) is 3.36. The number of carbonyl (C=O) groups is 3. The SMILES string of the molecule is COc1cc(OC)c2c(c1Cl)O[C@@]1(C(=O)C3=C(C[C@H]1C)NC(=O)C[C@@H]3c1ccc(C(C)C)cc1)C2=O. The number of amides is 1. The van der Waals surface area contributed by atoms with Crippen molar-refractivity contribution in [1.82, 2.24) is 5.32 Å². The Balaban J connectivity index is 1.63. The molecule has 0 unspecified atom stereocenters. The van der Waals surface area contributed by atoms with Crippen LogP contribution >= 0.6 is 11.6 Å². The van der Waals surface area contributed by atoms with Crippen molar-refractivity contribution in [2.75, 3.05) is 14.2 Å². The summed E-state index contributed by atoms with van der Waals surface area (Å²) in [5.74, 6) is -1.20. The zero-order valence-corrected chi connectivity index (χ0v) is 21.6. The van der Waals surface area contributed by atoms with Gasteiger partial charge in [-0.1, -0.05) is 56.6 Å². The van der Waals surface area contributed by atoms with Gasteiger partial charge in [-0.3, -0.25) is 14.4 Å². The molecule has 0 radical (unpaired) electrons. The molecule has 0 saturated heterocycles. The van der Waals surface area contributed by atoms with Crippen LogP contribution in [0.3, 0.4) is 0 Å². The van der Waals surface area contributed by atoms with E-state index in [1.807, 2.05) is 24.3 Å². The summed E-state index contributed by atoms with van der Waals surface area (Å²) in [4.78, 5) is 41.0. The number of benzene rings is 2. The number of methoxy groups -OCH3 is 2. The Morgan fingerprint density at radius 1 is 1.03 bits per heavy atom. The van der Waals surface area contributed by atoms with Crippen LogP contribution in [0.1, 0.15) is 66.9 Å². The van der Waals surface area contributed by atoms with E-state index in [9.17, 15) is 14.4 Å². The molecule has 3 aliphatic rings. The van der Waals surface area contributed by atoms with Gasteiger partial charge in [0.1, 0.15) is 22.1 Å². The van der Waals surface area contributed by atoms with Crippen LogP contribution in [0.4, 0.5) is 0 Å². The number of carbonyl (C=O) groups excluding carboxylic acids is 3. The zero-order chi connectivity index (χ0) is 25.9. The highest BCUT2D eigenvalue weighted by Crippen LogP contribution is 2.55. The molecule has 36 heavy (non-hydrogen) atoms. The van der Waals surface area contributed by atoms with Gasteiger partial charge in [-0.15, -0.1) is 0 Å². The van der Waals surface area contributed by atoms with Crippen molar-refractivity contribution in [3.8, 4) is 17.2 Å². The number of hydrogen-bond donors (Lipinski definition) is 1. The van der Waals surface area contributed by atoms with E-state index in [4.69, 9.17) is 25.8 Å². The summed E-state index contributed by atoms with van der Waals surface area (Å²) in [6.07, 6.45) is 0.402. The maximum absolute atomic E-state index is 14.3. The van der Waals surface area contributed by atoms with Crippen molar-refractivity contribution < 1.29 is 28.6 Å². The molecule has 1 N–H and O–H groups in total. The molecule has 5 rings (SSSR count). The summed E-state index contributed by atoms with van der Waals surface area (Å²) < 4.78 is 17.0. The molecular formula is C28H28ClNO6. The molecule has 7 nitrogen and oxygen atoms in total. The van der Waals surface area contributed by atoms with Gasteiger partial charge in [-0.2, -0.15) is 0 Å². The number of hydrogen-bond acceptors (Lipinski definition) is 6. The van der Waals surface area contributed by atoms with E-state index in [1.54, 1.807) is 6.92 Å². The van der Waals surface area contributed by atoms with Gasteiger partial charge in [0.25, 0.3) is 0 Å². The predicted octanol–water partition coefficient (Wildman–Crippen LogP) is 4.96. The fraction of sp³-hybridized carbons (Fsp3) is 0.393. The molecule has 8 heteroatoms. The first-order valence-corrected chi connectivity index (χ1v) is 12.4. The number of rotatable bonds is 4. The fourth-order valence-electron chi connectivity index (χ4n) is 5.59. The Hall–Kier alpha value is -3.32. The number of Topliss-reactive ketones (excluding diaryl/α,β-unsaturated/α-hetero) is 2. The van der Waals surface area contributed by atoms with Gasteiger partial charge < -0.3 is 19.5 Å². The van der Waals surface area contributed by atoms with Crippen molar-refractivity contribution in [1.29, 1.82) is 0 Å². The van der Waals surface area contributed by atoms with Gasteiger partial charge in [0, 0.05) is 35.6 Å². The first-order chi connectivity index (χ1) is 17.1. The van der Waals surface area contributed by atoms with Crippen LogP contribution in [0.25, 0.3) is 0 Å². The first kappa shape index (κ1) is 24.4. The van der Waals surface area contributed by atoms with Gasteiger partial charge >= 0.3 is 0 Å². The lowest BCUT2D eigenvalue weighted by molar-refractivity contribution is -0.131. The Morgan fingerprint density at radius 3 is 2.31 bits per heavy atom. The fourth-order valence-corrected chi connectivity index (χ4v) is 5.85. The Morgan fingerprint density at radius 2 is 1.69 bits per heavy atom. The molecule has 1 spiro atoms. The molecule has 0 saturated carbocycles. The van der Waals surface area contributed by atoms with E-state index in [0.717, 1.165) is 11.1 Å². The maximum atomic E-state index is 14.3. The van der Waals surface area contributed by atoms with E-state index in [2.05, 4.69) is 19.2 Å². The van der Waals surface area contributed by atoms with E-state index in [1.165, 1.54) is 20.3 Å². The smallest absolute Gasteiger partial charge is 0.236 e. The molecule has 0 aromatic heterocycles. The van der Waals surface area contributed by atoms with Gasteiger partial charge in [0.2, 0.25) is 23.1 Å². The lowest BCUT2D eigenvalue weighted by Gasteiger charge is -2.41. The van der Waals surface area contributed by atoms with Crippen molar-refractivity contribution in [3.05, 3.63) is 63.3 Å².